The maximum atomic E-state index is 13.9. The van der Waals surface area contributed by atoms with Gasteiger partial charge in [-0.2, -0.15) is 0 Å². The Labute approximate surface area is 184 Å². The number of amides is 1. The molecule has 0 aliphatic carbocycles. The number of nitrogens with one attached hydrogen (secondary N) is 1. The molecule has 1 N–H and O–H groups in total. The first-order valence-corrected chi connectivity index (χ1v) is 11.3. The first-order valence-electron chi connectivity index (χ1n) is 10.5. The summed E-state index contributed by atoms with van der Waals surface area (Å²) in [6.07, 6.45) is 0. The minimum atomic E-state index is -0.263. The van der Waals surface area contributed by atoms with Crippen LogP contribution in [0.3, 0.4) is 0 Å². The topological polar surface area (TPSA) is 48.5 Å². The second-order valence-electron chi connectivity index (χ2n) is 7.69. The van der Waals surface area contributed by atoms with E-state index >= 15 is 0 Å². The molecule has 1 fully saturated rings. The van der Waals surface area contributed by atoms with Crippen molar-refractivity contribution in [3.05, 3.63) is 72.0 Å². The SMILES string of the molecule is O=C(NCCN1CCN(c2nc3c(F)cccc3s2)CC1)c1cccc2ccccc12. The number of hydrogen-bond donors (Lipinski definition) is 1. The fraction of sp³-hybridized carbons (Fsp3) is 0.250. The van der Waals surface area contributed by atoms with Crippen LogP contribution < -0.4 is 10.2 Å². The highest BCUT2D eigenvalue weighted by Crippen LogP contribution is 2.30. The number of rotatable bonds is 5. The molecule has 1 aromatic heterocycles. The summed E-state index contributed by atoms with van der Waals surface area (Å²) in [6.45, 7) is 4.88. The molecule has 1 aliphatic rings. The second-order valence-corrected chi connectivity index (χ2v) is 8.70. The first kappa shape index (κ1) is 19.9. The number of anilines is 1. The molecule has 0 unspecified atom stereocenters. The highest BCUT2D eigenvalue weighted by Gasteiger charge is 2.20. The number of carbonyl (C=O) groups is 1. The molecule has 0 radical (unpaired) electrons. The summed E-state index contributed by atoms with van der Waals surface area (Å²) in [6, 6.07) is 18.8. The van der Waals surface area contributed by atoms with Crippen LogP contribution in [0.15, 0.2) is 60.7 Å². The van der Waals surface area contributed by atoms with Crippen LogP contribution in [0.4, 0.5) is 9.52 Å². The number of benzene rings is 3. The van der Waals surface area contributed by atoms with E-state index in [-0.39, 0.29) is 11.7 Å². The van der Waals surface area contributed by atoms with Gasteiger partial charge in [-0.3, -0.25) is 9.69 Å². The molecule has 0 saturated carbocycles. The van der Waals surface area contributed by atoms with Crippen LogP contribution in [-0.4, -0.2) is 55.1 Å². The van der Waals surface area contributed by atoms with E-state index in [0.717, 1.165) is 53.3 Å². The van der Waals surface area contributed by atoms with Crippen LogP contribution in [-0.2, 0) is 0 Å². The molecule has 2 heterocycles. The Bertz CT molecular complexity index is 1230. The molecule has 5 nitrogen and oxygen atoms in total. The van der Waals surface area contributed by atoms with Crippen molar-refractivity contribution in [2.24, 2.45) is 0 Å². The normalized spacial score (nSPS) is 14.9. The van der Waals surface area contributed by atoms with Crippen LogP contribution >= 0.6 is 11.3 Å². The molecule has 158 valence electrons. The molecule has 0 atom stereocenters. The molecule has 1 aliphatic heterocycles. The van der Waals surface area contributed by atoms with Crippen molar-refractivity contribution >= 4 is 43.4 Å². The third kappa shape index (κ3) is 4.11. The Kier molecular flexibility index (Phi) is 5.53. The number of aromatic nitrogens is 1. The van der Waals surface area contributed by atoms with Gasteiger partial charge >= 0.3 is 0 Å². The van der Waals surface area contributed by atoms with Gasteiger partial charge in [0, 0.05) is 44.8 Å². The smallest absolute Gasteiger partial charge is 0.251 e. The van der Waals surface area contributed by atoms with Crippen molar-refractivity contribution in [3.63, 3.8) is 0 Å². The zero-order chi connectivity index (χ0) is 21.2. The molecule has 3 aromatic carbocycles. The zero-order valence-electron chi connectivity index (χ0n) is 17.1. The number of carbonyl (C=O) groups excluding carboxylic acids is 1. The lowest BCUT2D eigenvalue weighted by Crippen LogP contribution is -2.48. The van der Waals surface area contributed by atoms with Crippen LogP contribution in [0.25, 0.3) is 21.0 Å². The number of nitrogens with zero attached hydrogens (tertiary/aromatic N) is 3. The van der Waals surface area contributed by atoms with Gasteiger partial charge in [-0.1, -0.05) is 53.8 Å². The fourth-order valence-electron chi connectivity index (χ4n) is 4.05. The molecular formula is C24H23FN4OS. The van der Waals surface area contributed by atoms with E-state index in [9.17, 15) is 9.18 Å². The van der Waals surface area contributed by atoms with Crippen molar-refractivity contribution in [2.45, 2.75) is 0 Å². The summed E-state index contributed by atoms with van der Waals surface area (Å²) in [5.41, 5.74) is 1.17. The minimum absolute atomic E-state index is 0.0352. The lowest BCUT2D eigenvalue weighted by Gasteiger charge is -2.34. The van der Waals surface area contributed by atoms with Gasteiger partial charge in [-0.05, 0) is 29.0 Å². The second kappa shape index (κ2) is 8.61. The van der Waals surface area contributed by atoms with E-state index in [1.165, 1.54) is 17.4 Å². The Morgan fingerprint density at radius 1 is 1.00 bits per heavy atom. The van der Waals surface area contributed by atoms with E-state index in [1.54, 1.807) is 6.07 Å². The summed E-state index contributed by atoms with van der Waals surface area (Å²) in [4.78, 5) is 21.7. The average molecular weight is 435 g/mol. The Hall–Kier alpha value is -3.03. The highest BCUT2D eigenvalue weighted by atomic mass is 32.1. The molecule has 0 bridgehead atoms. The maximum Gasteiger partial charge on any atom is 0.251 e. The third-order valence-corrected chi connectivity index (χ3v) is 6.83. The van der Waals surface area contributed by atoms with Gasteiger partial charge in [0.2, 0.25) is 0 Å². The Morgan fingerprint density at radius 3 is 2.61 bits per heavy atom. The van der Waals surface area contributed by atoms with Crippen molar-refractivity contribution in [1.82, 2.24) is 15.2 Å². The number of fused-ring (bicyclic) bond motifs is 2. The molecular weight excluding hydrogens is 411 g/mol. The van der Waals surface area contributed by atoms with Gasteiger partial charge in [0.15, 0.2) is 5.13 Å². The fourth-order valence-corrected chi connectivity index (χ4v) is 5.08. The van der Waals surface area contributed by atoms with E-state index in [4.69, 9.17) is 0 Å². The predicted molar refractivity (Wildman–Crippen MR) is 125 cm³/mol. The van der Waals surface area contributed by atoms with Crippen LogP contribution in [0.2, 0.25) is 0 Å². The van der Waals surface area contributed by atoms with Gasteiger partial charge < -0.3 is 10.2 Å². The Morgan fingerprint density at radius 2 is 1.77 bits per heavy atom. The molecule has 1 amide bonds. The quantitative estimate of drug-likeness (QED) is 0.513. The largest absolute Gasteiger partial charge is 0.351 e. The molecule has 0 spiro atoms. The summed E-state index contributed by atoms with van der Waals surface area (Å²) >= 11 is 1.54. The number of halogens is 1. The van der Waals surface area contributed by atoms with Gasteiger partial charge in [-0.15, -0.1) is 0 Å². The van der Waals surface area contributed by atoms with Crippen molar-refractivity contribution in [1.29, 1.82) is 0 Å². The van der Waals surface area contributed by atoms with E-state index in [1.807, 2.05) is 48.5 Å². The lowest BCUT2D eigenvalue weighted by atomic mass is 10.0. The molecule has 5 rings (SSSR count). The van der Waals surface area contributed by atoms with E-state index in [2.05, 4.69) is 20.1 Å². The summed E-state index contributed by atoms with van der Waals surface area (Å²) < 4.78 is 14.8. The molecule has 31 heavy (non-hydrogen) atoms. The van der Waals surface area contributed by atoms with Gasteiger partial charge in [0.25, 0.3) is 5.91 Å². The Balaban J connectivity index is 1.14. The molecule has 4 aromatic rings. The molecule has 7 heteroatoms. The van der Waals surface area contributed by atoms with Crippen LogP contribution in [0.5, 0.6) is 0 Å². The summed E-state index contributed by atoms with van der Waals surface area (Å²) in [5.74, 6) is -0.299. The van der Waals surface area contributed by atoms with Gasteiger partial charge in [-0.25, -0.2) is 9.37 Å². The maximum absolute atomic E-state index is 13.9. The number of thiazole rings is 1. The van der Waals surface area contributed by atoms with E-state index in [0.29, 0.717) is 17.6 Å². The number of hydrogen-bond acceptors (Lipinski definition) is 5. The van der Waals surface area contributed by atoms with Crippen molar-refractivity contribution in [3.8, 4) is 0 Å². The highest BCUT2D eigenvalue weighted by molar-refractivity contribution is 7.22. The zero-order valence-corrected chi connectivity index (χ0v) is 17.9. The monoisotopic (exact) mass is 434 g/mol. The summed E-state index contributed by atoms with van der Waals surface area (Å²) in [7, 11) is 0. The standard InChI is InChI=1S/C24H23FN4OS/c25-20-9-4-10-21-22(20)27-24(31-21)29-15-13-28(14-16-29)12-11-26-23(30)19-8-3-6-17-5-1-2-7-18(17)19/h1-10H,11-16H2,(H,26,30). The number of para-hydroxylation sites is 1. The van der Waals surface area contributed by atoms with E-state index < -0.39 is 0 Å². The minimum Gasteiger partial charge on any atom is -0.351 e. The third-order valence-electron chi connectivity index (χ3n) is 5.75. The number of piperazine rings is 1. The van der Waals surface area contributed by atoms with Gasteiger partial charge in [0.05, 0.1) is 4.70 Å². The average Bonchev–Trinajstić information content (AvgIpc) is 3.25. The van der Waals surface area contributed by atoms with Crippen LogP contribution in [0.1, 0.15) is 10.4 Å². The summed E-state index contributed by atoms with van der Waals surface area (Å²) in [5, 5.41) is 5.98. The first-order chi connectivity index (χ1) is 15.2. The van der Waals surface area contributed by atoms with Crippen molar-refractivity contribution < 1.29 is 9.18 Å². The molecule has 1 saturated heterocycles. The predicted octanol–water partition coefficient (Wildman–Crippen LogP) is 4.14. The lowest BCUT2D eigenvalue weighted by molar-refractivity contribution is 0.0949. The van der Waals surface area contributed by atoms with Gasteiger partial charge in [0.1, 0.15) is 11.3 Å². The van der Waals surface area contributed by atoms with Crippen LogP contribution in [0, 0.1) is 5.82 Å². The van der Waals surface area contributed by atoms with Crippen molar-refractivity contribution in [2.75, 3.05) is 44.2 Å².